The summed E-state index contributed by atoms with van der Waals surface area (Å²) in [4.78, 5) is 0. The Morgan fingerprint density at radius 3 is 1.21 bits per heavy atom. The summed E-state index contributed by atoms with van der Waals surface area (Å²) in [5.41, 5.74) is 0. The summed E-state index contributed by atoms with van der Waals surface area (Å²) >= 11 is 0. The summed E-state index contributed by atoms with van der Waals surface area (Å²) in [7, 11) is 6.61. The molecule has 7 heteroatoms. The van der Waals surface area contributed by atoms with Crippen LogP contribution in [0.1, 0.15) is 0 Å². The predicted octanol–water partition coefficient (Wildman–Crippen LogP) is -0.843. The van der Waals surface area contributed by atoms with E-state index in [0.717, 1.165) is 44.5 Å². The van der Waals surface area contributed by atoms with E-state index in [9.17, 15) is 0 Å². The normalized spacial score (nSPS) is 9.24. The molecule has 0 bridgehead atoms. The molecule has 0 aliphatic rings. The Balaban J connectivity index is 0.000000490. The zero-order chi connectivity index (χ0) is 18.5. The predicted molar refractivity (Wildman–Crippen MR) is 105 cm³/mol. The molecule has 4 aromatic rings. The van der Waals surface area contributed by atoms with Crippen LogP contribution in [0.2, 0.25) is 0 Å². The monoisotopic (exact) mass is 468 g/mol. The van der Waals surface area contributed by atoms with Gasteiger partial charge in [0.2, 0.25) is 0 Å². The van der Waals surface area contributed by atoms with Crippen molar-refractivity contribution in [2.75, 3.05) is 28.4 Å². The minimum absolute atomic E-state index is 0. The Morgan fingerprint density at radius 2 is 0.897 bits per heavy atom. The molecule has 0 aliphatic carbocycles. The summed E-state index contributed by atoms with van der Waals surface area (Å²) in [6.07, 6.45) is 0. The molecule has 0 aromatic heterocycles. The molecule has 4 rings (SSSR count). The van der Waals surface area contributed by atoms with Gasteiger partial charge in [0.25, 0.3) is 0 Å². The van der Waals surface area contributed by atoms with Crippen LogP contribution in [0, 0.1) is 0 Å². The smallest absolute Gasteiger partial charge is 1.00 e. The van der Waals surface area contributed by atoms with Gasteiger partial charge in [-0.05, 0) is 0 Å². The molecular formula is C22H22Cl2O4Ti. The molecule has 0 unspecified atom stereocenters. The van der Waals surface area contributed by atoms with E-state index >= 15 is 0 Å². The first kappa shape index (κ1) is 27.2. The largest absolute Gasteiger partial charge is 4.00 e. The first-order valence-corrected chi connectivity index (χ1v) is 8.26. The van der Waals surface area contributed by atoms with E-state index in [1.54, 1.807) is 28.4 Å². The maximum atomic E-state index is 5.26. The van der Waals surface area contributed by atoms with E-state index < -0.39 is 0 Å². The van der Waals surface area contributed by atoms with Crippen molar-refractivity contribution in [3.8, 4) is 23.0 Å². The second-order valence-corrected chi connectivity index (χ2v) is 5.67. The van der Waals surface area contributed by atoms with E-state index in [2.05, 4.69) is 0 Å². The molecule has 152 valence electrons. The molecule has 0 atom stereocenters. The number of rotatable bonds is 4. The molecule has 0 fully saturated rings. The molecule has 29 heavy (non-hydrogen) atoms. The Hall–Kier alpha value is -1.85. The summed E-state index contributed by atoms with van der Waals surface area (Å²) in [5.74, 6) is 3.23. The second-order valence-electron chi connectivity index (χ2n) is 5.67. The van der Waals surface area contributed by atoms with Crippen molar-refractivity contribution in [3.05, 3.63) is 60.7 Å². The molecular weight excluding hydrogens is 447 g/mol. The van der Waals surface area contributed by atoms with Crippen LogP contribution in [0.3, 0.4) is 0 Å². The van der Waals surface area contributed by atoms with E-state index in [-0.39, 0.29) is 46.5 Å². The van der Waals surface area contributed by atoms with Crippen molar-refractivity contribution in [2.45, 2.75) is 0 Å². The van der Waals surface area contributed by atoms with Gasteiger partial charge < -0.3 is 43.8 Å². The van der Waals surface area contributed by atoms with Gasteiger partial charge >= 0.3 is 21.7 Å². The van der Waals surface area contributed by atoms with Crippen molar-refractivity contribution < 1.29 is 65.5 Å². The topological polar surface area (TPSA) is 36.9 Å². The van der Waals surface area contributed by atoms with E-state index in [4.69, 9.17) is 18.9 Å². The Morgan fingerprint density at radius 1 is 0.552 bits per heavy atom. The summed E-state index contributed by atoms with van der Waals surface area (Å²) < 4.78 is 20.9. The fraction of sp³-hybridized carbons (Fsp3) is 0.182. The third-order valence-electron chi connectivity index (χ3n) is 4.28. The third kappa shape index (κ3) is 5.61. The molecule has 0 aliphatic heterocycles. The van der Waals surface area contributed by atoms with E-state index in [0.29, 0.717) is 0 Å². The van der Waals surface area contributed by atoms with Crippen LogP contribution >= 0.6 is 0 Å². The van der Waals surface area contributed by atoms with Gasteiger partial charge in [-0.2, -0.15) is 0 Å². The number of hydrogen-bond acceptors (Lipinski definition) is 4. The van der Waals surface area contributed by atoms with E-state index in [1.165, 1.54) is 0 Å². The third-order valence-corrected chi connectivity index (χ3v) is 4.28. The molecule has 0 N–H and O–H groups in total. The van der Waals surface area contributed by atoms with Crippen molar-refractivity contribution in [1.82, 2.24) is 0 Å². The summed E-state index contributed by atoms with van der Waals surface area (Å²) in [5, 5.41) is 4.50. The van der Waals surface area contributed by atoms with Crippen LogP contribution in [0.15, 0.2) is 60.7 Å². The van der Waals surface area contributed by atoms with Crippen molar-refractivity contribution in [2.24, 2.45) is 0 Å². The summed E-state index contributed by atoms with van der Waals surface area (Å²) in [6, 6.07) is 20.1. The maximum absolute atomic E-state index is 5.26. The average molecular weight is 469 g/mol. The fourth-order valence-corrected chi connectivity index (χ4v) is 3.06. The van der Waals surface area contributed by atoms with Gasteiger partial charge in [-0.1, -0.05) is 22.9 Å². The van der Waals surface area contributed by atoms with Gasteiger partial charge in [0.1, 0.15) is 0 Å². The first-order chi connectivity index (χ1) is 12.7. The van der Waals surface area contributed by atoms with Gasteiger partial charge in [-0.15, -0.1) is 59.3 Å². The van der Waals surface area contributed by atoms with Crippen molar-refractivity contribution in [1.29, 1.82) is 0 Å². The van der Waals surface area contributed by atoms with Crippen LogP contribution in [-0.4, -0.2) is 28.4 Å². The van der Waals surface area contributed by atoms with Crippen molar-refractivity contribution >= 4 is 21.5 Å². The minimum atomic E-state index is 0. The van der Waals surface area contributed by atoms with Gasteiger partial charge in [0.05, 0.1) is 51.4 Å². The molecule has 0 spiro atoms. The second kappa shape index (κ2) is 12.7. The average Bonchev–Trinajstić information content (AvgIpc) is 3.25. The zero-order valence-corrected chi connectivity index (χ0v) is 19.7. The van der Waals surface area contributed by atoms with Crippen LogP contribution in [0.4, 0.5) is 0 Å². The number of ether oxygens (including phenoxy) is 4. The maximum Gasteiger partial charge on any atom is 4.00 e. The van der Waals surface area contributed by atoms with Gasteiger partial charge in [-0.3, -0.25) is 0 Å². The SMILES string of the molecule is COc1[cH-]c2ccccc2c1OC.COc1[cH-]c2ccccc2c1OC.[Cl-].[Cl-].[Ti+4]. The molecule has 0 radical (unpaired) electrons. The number of benzene rings is 2. The van der Waals surface area contributed by atoms with Crippen LogP contribution in [0.25, 0.3) is 21.5 Å². The first-order valence-electron chi connectivity index (χ1n) is 8.26. The number of hydrogen-bond donors (Lipinski definition) is 0. The molecule has 0 heterocycles. The van der Waals surface area contributed by atoms with Gasteiger partial charge in [0, 0.05) is 0 Å². The Bertz CT molecular complexity index is 929. The minimum Gasteiger partial charge on any atom is -1.00 e. The fourth-order valence-electron chi connectivity index (χ4n) is 3.06. The number of methoxy groups -OCH3 is 4. The molecule has 0 amide bonds. The van der Waals surface area contributed by atoms with E-state index in [1.807, 2.05) is 60.7 Å². The van der Waals surface area contributed by atoms with Crippen molar-refractivity contribution in [3.63, 3.8) is 0 Å². The number of halogens is 2. The van der Waals surface area contributed by atoms with Crippen LogP contribution in [-0.2, 0) is 21.7 Å². The Kier molecular flexibility index (Phi) is 11.9. The zero-order valence-electron chi connectivity index (χ0n) is 16.7. The molecule has 4 aromatic carbocycles. The standard InChI is InChI=1S/2C11H11O2.2ClH.Ti/c2*1-12-10-7-8-5-3-4-6-9(8)11(10)13-2;;;/h2*3-7H,1-2H3;2*1H;/q2*-1;;;+4/p-2. The van der Waals surface area contributed by atoms with Crippen LogP contribution in [0.5, 0.6) is 23.0 Å². The Labute approximate surface area is 198 Å². The van der Waals surface area contributed by atoms with Crippen LogP contribution < -0.4 is 43.8 Å². The molecule has 0 saturated heterocycles. The number of fused-ring (bicyclic) bond motifs is 2. The van der Waals surface area contributed by atoms with Gasteiger partial charge in [0.15, 0.2) is 0 Å². The molecule has 0 saturated carbocycles. The quantitative estimate of drug-likeness (QED) is 0.289. The van der Waals surface area contributed by atoms with Gasteiger partial charge in [-0.25, -0.2) is 0 Å². The summed E-state index contributed by atoms with van der Waals surface area (Å²) in [6.45, 7) is 0. The molecule has 4 nitrogen and oxygen atoms in total.